The Morgan fingerprint density at radius 1 is 1.77 bits per heavy atom. The summed E-state index contributed by atoms with van der Waals surface area (Å²) in [5.41, 5.74) is 0. The van der Waals surface area contributed by atoms with Crippen LogP contribution in [0.1, 0.15) is 6.92 Å². The SMILES string of the molecule is CC(CO)COCC1COC(=O)O1. The van der Waals surface area contributed by atoms with Crippen LogP contribution in [0.15, 0.2) is 0 Å². The molecule has 0 aromatic carbocycles. The third-order valence-corrected chi connectivity index (χ3v) is 1.67. The van der Waals surface area contributed by atoms with Gasteiger partial charge in [0, 0.05) is 12.5 Å². The zero-order valence-electron chi connectivity index (χ0n) is 7.56. The highest BCUT2D eigenvalue weighted by atomic mass is 16.8. The minimum atomic E-state index is -0.635. The molecule has 5 nitrogen and oxygen atoms in total. The van der Waals surface area contributed by atoms with Crippen molar-refractivity contribution in [1.82, 2.24) is 0 Å². The molecule has 1 N–H and O–H groups in total. The molecular formula is C8H14O5. The van der Waals surface area contributed by atoms with Gasteiger partial charge in [0.2, 0.25) is 0 Å². The molecule has 0 aromatic rings. The average Bonchev–Trinajstić information content (AvgIpc) is 2.51. The number of rotatable bonds is 5. The van der Waals surface area contributed by atoms with Gasteiger partial charge in [-0.05, 0) is 0 Å². The maximum atomic E-state index is 10.5. The van der Waals surface area contributed by atoms with Crippen LogP contribution in [0.3, 0.4) is 0 Å². The predicted octanol–water partition coefficient (Wildman–Crippen LogP) is 0.167. The van der Waals surface area contributed by atoms with Crippen molar-refractivity contribution in [2.45, 2.75) is 13.0 Å². The highest BCUT2D eigenvalue weighted by Gasteiger charge is 2.24. The standard InChI is InChI=1S/C8H14O5/c1-6(2-9)3-11-4-7-5-12-8(10)13-7/h6-7,9H,2-5H2,1H3. The minimum Gasteiger partial charge on any atom is -0.430 e. The smallest absolute Gasteiger partial charge is 0.430 e. The highest BCUT2D eigenvalue weighted by Crippen LogP contribution is 2.06. The third-order valence-electron chi connectivity index (χ3n) is 1.67. The molecule has 13 heavy (non-hydrogen) atoms. The van der Waals surface area contributed by atoms with Crippen LogP contribution >= 0.6 is 0 Å². The molecule has 0 spiro atoms. The lowest BCUT2D eigenvalue weighted by atomic mass is 10.2. The Hall–Kier alpha value is -0.810. The molecule has 1 aliphatic heterocycles. The van der Waals surface area contributed by atoms with Crippen molar-refractivity contribution in [2.24, 2.45) is 5.92 Å². The second-order valence-electron chi connectivity index (χ2n) is 3.13. The number of ether oxygens (including phenoxy) is 3. The van der Waals surface area contributed by atoms with Gasteiger partial charge >= 0.3 is 6.16 Å². The third kappa shape index (κ3) is 3.61. The summed E-state index contributed by atoms with van der Waals surface area (Å²) >= 11 is 0. The monoisotopic (exact) mass is 190 g/mol. The summed E-state index contributed by atoms with van der Waals surface area (Å²) in [6, 6.07) is 0. The summed E-state index contributed by atoms with van der Waals surface area (Å²) in [4.78, 5) is 10.5. The van der Waals surface area contributed by atoms with E-state index in [2.05, 4.69) is 4.74 Å². The molecule has 0 aromatic heterocycles. The van der Waals surface area contributed by atoms with Crippen LogP contribution in [-0.4, -0.2) is 43.8 Å². The summed E-state index contributed by atoms with van der Waals surface area (Å²) < 4.78 is 14.5. The number of aliphatic hydroxyl groups is 1. The lowest BCUT2D eigenvalue weighted by Gasteiger charge is -2.10. The summed E-state index contributed by atoms with van der Waals surface area (Å²) in [6.07, 6.45) is -0.929. The number of carbonyl (C=O) groups is 1. The van der Waals surface area contributed by atoms with Crippen molar-refractivity contribution < 1.29 is 24.1 Å². The van der Waals surface area contributed by atoms with E-state index in [9.17, 15) is 4.79 Å². The molecule has 0 aliphatic carbocycles. The van der Waals surface area contributed by atoms with Gasteiger partial charge in [-0.3, -0.25) is 0 Å². The fourth-order valence-corrected chi connectivity index (χ4v) is 0.901. The first-order chi connectivity index (χ1) is 6.22. The molecule has 2 atom stereocenters. The largest absolute Gasteiger partial charge is 0.508 e. The van der Waals surface area contributed by atoms with Gasteiger partial charge in [-0.25, -0.2) is 4.79 Å². The minimum absolute atomic E-state index is 0.0982. The van der Waals surface area contributed by atoms with E-state index < -0.39 is 6.16 Å². The molecule has 1 saturated heterocycles. The summed E-state index contributed by atoms with van der Waals surface area (Å²) in [6.45, 7) is 3.02. The van der Waals surface area contributed by atoms with Crippen LogP contribution < -0.4 is 0 Å². The van der Waals surface area contributed by atoms with Crippen LogP contribution in [0.5, 0.6) is 0 Å². The first-order valence-corrected chi connectivity index (χ1v) is 4.24. The number of hydrogen-bond acceptors (Lipinski definition) is 5. The Balaban J connectivity index is 2.03. The fraction of sp³-hybridized carbons (Fsp3) is 0.875. The summed E-state index contributed by atoms with van der Waals surface area (Å²) in [5.74, 6) is 0.109. The zero-order valence-corrected chi connectivity index (χ0v) is 7.56. The van der Waals surface area contributed by atoms with Crippen molar-refractivity contribution in [3.05, 3.63) is 0 Å². The van der Waals surface area contributed by atoms with E-state index >= 15 is 0 Å². The molecule has 1 rings (SSSR count). The number of hydrogen-bond donors (Lipinski definition) is 1. The predicted molar refractivity (Wildman–Crippen MR) is 43.3 cm³/mol. The summed E-state index contributed by atoms with van der Waals surface area (Å²) in [5, 5.41) is 8.68. The van der Waals surface area contributed by atoms with Crippen molar-refractivity contribution in [3.63, 3.8) is 0 Å². The van der Waals surface area contributed by atoms with E-state index in [-0.39, 0.29) is 25.2 Å². The van der Waals surface area contributed by atoms with E-state index in [4.69, 9.17) is 14.6 Å². The molecule has 76 valence electrons. The van der Waals surface area contributed by atoms with E-state index in [1.54, 1.807) is 0 Å². The molecular weight excluding hydrogens is 176 g/mol. The van der Waals surface area contributed by atoms with Gasteiger partial charge in [0.05, 0.1) is 13.2 Å². The van der Waals surface area contributed by atoms with Crippen molar-refractivity contribution in [1.29, 1.82) is 0 Å². The quantitative estimate of drug-likeness (QED) is 0.626. The molecule has 1 heterocycles. The Bertz CT molecular complexity index is 170. The maximum Gasteiger partial charge on any atom is 0.508 e. The van der Waals surface area contributed by atoms with Crippen molar-refractivity contribution >= 4 is 6.16 Å². The Labute approximate surface area is 76.6 Å². The second-order valence-corrected chi connectivity index (χ2v) is 3.13. The van der Waals surface area contributed by atoms with E-state index in [0.29, 0.717) is 13.2 Å². The number of carbonyl (C=O) groups excluding carboxylic acids is 1. The number of aliphatic hydroxyl groups excluding tert-OH is 1. The molecule has 0 bridgehead atoms. The number of cyclic esters (lactones) is 2. The van der Waals surface area contributed by atoms with Crippen LogP contribution in [0.25, 0.3) is 0 Å². The molecule has 5 heteroatoms. The molecule has 0 amide bonds. The first-order valence-electron chi connectivity index (χ1n) is 4.24. The van der Waals surface area contributed by atoms with Gasteiger partial charge < -0.3 is 19.3 Å². The molecule has 0 saturated carbocycles. The highest BCUT2D eigenvalue weighted by molar-refractivity contribution is 5.61. The topological polar surface area (TPSA) is 65.0 Å². The zero-order chi connectivity index (χ0) is 9.68. The summed E-state index contributed by atoms with van der Waals surface area (Å²) in [7, 11) is 0. The van der Waals surface area contributed by atoms with Gasteiger partial charge in [0.25, 0.3) is 0 Å². The van der Waals surface area contributed by atoms with E-state index in [1.807, 2.05) is 6.92 Å². The lowest BCUT2D eigenvalue weighted by molar-refractivity contribution is 0.0235. The van der Waals surface area contributed by atoms with Crippen LogP contribution in [0, 0.1) is 5.92 Å². The Morgan fingerprint density at radius 2 is 2.54 bits per heavy atom. The Morgan fingerprint density at radius 3 is 3.08 bits per heavy atom. The van der Waals surface area contributed by atoms with E-state index in [0.717, 1.165) is 0 Å². The normalized spacial score (nSPS) is 23.8. The van der Waals surface area contributed by atoms with E-state index in [1.165, 1.54) is 0 Å². The lowest BCUT2D eigenvalue weighted by Crippen LogP contribution is -2.21. The van der Waals surface area contributed by atoms with Gasteiger partial charge in [0.1, 0.15) is 6.61 Å². The molecule has 1 fully saturated rings. The molecule has 0 radical (unpaired) electrons. The molecule has 1 aliphatic rings. The van der Waals surface area contributed by atoms with Gasteiger partial charge in [-0.15, -0.1) is 0 Å². The fourth-order valence-electron chi connectivity index (χ4n) is 0.901. The first kappa shape index (κ1) is 10.3. The van der Waals surface area contributed by atoms with Gasteiger partial charge in [-0.2, -0.15) is 0 Å². The maximum absolute atomic E-state index is 10.5. The second kappa shape index (κ2) is 5.04. The van der Waals surface area contributed by atoms with Gasteiger partial charge in [-0.1, -0.05) is 6.92 Å². The van der Waals surface area contributed by atoms with Crippen molar-refractivity contribution in [2.75, 3.05) is 26.4 Å². The van der Waals surface area contributed by atoms with Crippen LogP contribution in [0.2, 0.25) is 0 Å². The average molecular weight is 190 g/mol. The Kier molecular flexibility index (Phi) is 3.98. The van der Waals surface area contributed by atoms with Crippen LogP contribution in [0.4, 0.5) is 4.79 Å². The van der Waals surface area contributed by atoms with Crippen molar-refractivity contribution in [3.8, 4) is 0 Å². The molecule has 2 unspecified atom stereocenters. The van der Waals surface area contributed by atoms with Gasteiger partial charge in [0.15, 0.2) is 6.10 Å². The van der Waals surface area contributed by atoms with Crippen LogP contribution in [-0.2, 0) is 14.2 Å².